The molecule has 2 nitrogen and oxygen atoms in total. The predicted octanol–water partition coefficient (Wildman–Crippen LogP) is 1.16. The third-order valence-corrected chi connectivity index (χ3v) is 1.85. The molecule has 10 heavy (non-hydrogen) atoms. The van der Waals surface area contributed by atoms with Gasteiger partial charge < -0.3 is 10.1 Å². The van der Waals surface area contributed by atoms with E-state index in [1.165, 1.54) is 0 Å². The van der Waals surface area contributed by atoms with Gasteiger partial charge in [-0.05, 0) is 33.7 Å². The molecule has 0 aromatic carbocycles. The highest BCUT2D eigenvalue weighted by Crippen LogP contribution is 2.20. The molecule has 0 saturated carbocycles. The molecule has 0 spiro atoms. The van der Waals surface area contributed by atoms with E-state index in [-0.39, 0.29) is 5.60 Å². The minimum Gasteiger partial charge on any atom is -0.371 e. The summed E-state index contributed by atoms with van der Waals surface area (Å²) in [6.07, 6.45) is 1.50. The highest BCUT2D eigenvalue weighted by Gasteiger charge is 2.29. The Hall–Kier alpha value is -0.0800. The van der Waals surface area contributed by atoms with E-state index >= 15 is 0 Å². The quantitative estimate of drug-likeness (QED) is 0.626. The molecule has 1 aliphatic heterocycles. The summed E-state index contributed by atoms with van der Waals surface area (Å²) in [4.78, 5) is 0. The Morgan fingerprint density at radius 3 is 2.60 bits per heavy atom. The lowest BCUT2D eigenvalue weighted by molar-refractivity contribution is -0.0539. The first-order valence-corrected chi connectivity index (χ1v) is 4.01. The van der Waals surface area contributed by atoms with E-state index in [0.717, 1.165) is 19.5 Å². The highest BCUT2D eigenvalue weighted by molar-refractivity contribution is 4.85. The van der Waals surface area contributed by atoms with Crippen LogP contribution in [0.15, 0.2) is 0 Å². The monoisotopic (exact) mass is 143 g/mol. The molecule has 1 heterocycles. The fraction of sp³-hybridized carbons (Fsp3) is 1.00. The van der Waals surface area contributed by atoms with E-state index < -0.39 is 0 Å². The first kappa shape index (κ1) is 8.02. The van der Waals surface area contributed by atoms with Gasteiger partial charge in [-0.1, -0.05) is 0 Å². The van der Waals surface area contributed by atoms with Gasteiger partial charge in [0.2, 0.25) is 0 Å². The fourth-order valence-electron chi connectivity index (χ4n) is 1.46. The van der Waals surface area contributed by atoms with Gasteiger partial charge in [-0.2, -0.15) is 0 Å². The normalized spacial score (nSPS) is 33.6. The molecule has 1 rings (SSSR count). The van der Waals surface area contributed by atoms with Crippen molar-refractivity contribution in [3.8, 4) is 0 Å². The van der Waals surface area contributed by atoms with E-state index in [9.17, 15) is 0 Å². The second-order valence-electron chi connectivity index (χ2n) is 3.54. The Labute approximate surface area is 63.0 Å². The van der Waals surface area contributed by atoms with Crippen molar-refractivity contribution >= 4 is 0 Å². The minimum atomic E-state index is 0.105. The topological polar surface area (TPSA) is 21.3 Å². The average molecular weight is 143 g/mol. The van der Waals surface area contributed by atoms with Gasteiger partial charge in [0.25, 0.3) is 0 Å². The largest absolute Gasteiger partial charge is 0.371 e. The number of rotatable bonds is 2. The van der Waals surface area contributed by atoms with Gasteiger partial charge in [0.15, 0.2) is 0 Å². The van der Waals surface area contributed by atoms with Crippen LogP contribution >= 0.6 is 0 Å². The van der Waals surface area contributed by atoms with Gasteiger partial charge in [0, 0.05) is 6.54 Å². The maximum atomic E-state index is 5.74. The zero-order valence-corrected chi connectivity index (χ0v) is 7.11. The Morgan fingerprint density at radius 2 is 2.20 bits per heavy atom. The van der Waals surface area contributed by atoms with Gasteiger partial charge >= 0.3 is 0 Å². The van der Waals surface area contributed by atoms with Gasteiger partial charge in [0.1, 0.15) is 0 Å². The standard InChI is InChI=1S/C8H17NO/c1-7(2)10-8(3)4-5-9-6-8/h7,9H,4-6H2,1-3H3. The highest BCUT2D eigenvalue weighted by atomic mass is 16.5. The predicted molar refractivity (Wildman–Crippen MR) is 42.1 cm³/mol. The van der Waals surface area contributed by atoms with Crippen LogP contribution in [0.5, 0.6) is 0 Å². The van der Waals surface area contributed by atoms with E-state index in [1.807, 2.05) is 0 Å². The van der Waals surface area contributed by atoms with E-state index in [4.69, 9.17) is 4.74 Å². The molecule has 0 aromatic heterocycles. The number of ether oxygens (including phenoxy) is 1. The molecular weight excluding hydrogens is 126 g/mol. The fourth-order valence-corrected chi connectivity index (χ4v) is 1.46. The van der Waals surface area contributed by atoms with Crippen molar-refractivity contribution in [2.24, 2.45) is 0 Å². The molecule has 1 fully saturated rings. The van der Waals surface area contributed by atoms with Crippen LogP contribution in [0.1, 0.15) is 27.2 Å². The van der Waals surface area contributed by atoms with E-state index in [0.29, 0.717) is 6.10 Å². The van der Waals surface area contributed by atoms with E-state index in [2.05, 4.69) is 26.1 Å². The lowest BCUT2D eigenvalue weighted by atomic mass is 10.1. The molecule has 0 aromatic rings. The summed E-state index contributed by atoms with van der Waals surface area (Å²) in [6.45, 7) is 8.45. The molecule has 1 saturated heterocycles. The van der Waals surface area contributed by atoms with Crippen LogP contribution in [0.25, 0.3) is 0 Å². The summed E-state index contributed by atoms with van der Waals surface area (Å²) in [5.74, 6) is 0. The molecule has 0 bridgehead atoms. The Bertz CT molecular complexity index is 106. The lowest BCUT2D eigenvalue weighted by Gasteiger charge is -2.25. The summed E-state index contributed by atoms with van der Waals surface area (Å²) in [6, 6.07) is 0. The van der Waals surface area contributed by atoms with Crippen LogP contribution in [0.3, 0.4) is 0 Å². The number of hydrogen-bond donors (Lipinski definition) is 1. The second kappa shape index (κ2) is 2.89. The van der Waals surface area contributed by atoms with Crippen molar-refractivity contribution < 1.29 is 4.74 Å². The molecule has 60 valence electrons. The molecule has 0 aliphatic carbocycles. The van der Waals surface area contributed by atoms with Crippen LogP contribution in [-0.4, -0.2) is 24.8 Å². The third kappa shape index (κ3) is 1.96. The van der Waals surface area contributed by atoms with Crippen LogP contribution in [0.2, 0.25) is 0 Å². The smallest absolute Gasteiger partial charge is 0.0793 e. The summed E-state index contributed by atoms with van der Waals surface area (Å²) >= 11 is 0. The van der Waals surface area contributed by atoms with Gasteiger partial charge in [-0.15, -0.1) is 0 Å². The molecule has 0 amide bonds. The zero-order chi connectivity index (χ0) is 7.61. The summed E-state index contributed by atoms with van der Waals surface area (Å²) < 4.78 is 5.74. The summed E-state index contributed by atoms with van der Waals surface area (Å²) in [7, 11) is 0. The first-order valence-electron chi connectivity index (χ1n) is 4.01. The molecule has 1 atom stereocenters. The van der Waals surface area contributed by atoms with Gasteiger partial charge in [-0.25, -0.2) is 0 Å². The molecule has 2 heteroatoms. The zero-order valence-electron chi connectivity index (χ0n) is 7.11. The van der Waals surface area contributed by atoms with Crippen LogP contribution < -0.4 is 5.32 Å². The van der Waals surface area contributed by atoms with Crippen molar-refractivity contribution in [3.63, 3.8) is 0 Å². The van der Waals surface area contributed by atoms with Crippen LogP contribution in [0, 0.1) is 0 Å². The summed E-state index contributed by atoms with van der Waals surface area (Å²) in [5, 5.41) is 3.29. The Kier molecular flexibility index (Phi) is 2.32. The van der Waals surface area contributed by atoms with Crippen molar-refractivity contribution in [2.45, 2.75) is 38.9 Å². The van der Waals surface area contributed by atoms with Gasteiger partial charge in [-0.3, -0.25) is 0 Å². The first-order chi connectivity index (χ1) is 4.62. The van der Waals surface area contributed by atoms with E-state index in [1.54, 1.807) is 0 Å². The number of nitrogens with one attached hydrogen (secondary N) is 1. The SMILES string of the molecule is CC(C)OC1(C)CCNC1. The third-order valence-electron chi connectivity index (χ3n) is 1.85. The lowest BCUT2D eigenvalue weighted by Crippen LogP contribution is -2.33. The maximum Gasteiger partial charge on any atom is 0.0793 e. The number of hydrogen-bond acceptors (Lipinski definition) is 2. The molecular formula is C8H17NO. The van der Waals surface area contributed by atoms with Crippen molar-refractivity contribution in [1.82, 2.24) is 5.32 Å². The Balaban J connectivity index is 2.36. The minimum absolute atomic E-state index is 0.105. The summed E-state index contributed by atoms with van der Waals surface area (Å²) in [5.41, 5.74) is 0.105. The average Bonchev–Trinajstić information content (AvgIpc) is 2.12. The molecule has 1 aliphatic rings. The molecule has 1 unspecified atom stereocenters. The van der Waals surface area contributed by atoms with Gasteiger partial charge in [0.05, 0.1) is 11.7 Å². The van der Waals surface area contributed by atoms with Crippen LogP contribution in [0.4, 0.5) is 0 Å². The van der Waals surface area contributed by atoms with Crippen molar-refractivity contribution in [3.05, 3.63) is 0 Å². The molecule has 0 radical (unpaired) electrons. The van der Waals surface area contributed by atoms with Crippen LogP contribution in [-0.2, 0) is 4.74 Å². The maximum absolute atomic E-state index is 5.74. The van der Waals surface area contributed by atoms with Crippen molar-refractivity contribution in [2.75, 3.05) is 13.1 Å². The Morgan fingerprint density at radius 1 is 1.50 bits per heavy atom. The van der Waals surface area contributed by atoms with Crippen molar-refractivity contribution in [1.29, 1.82) is 0 Å². The molecule has 1 N–H and O–H groups in total. The second-order valence-corrected chi connectivity index (χ2v) is 3.54.